The number of rotatable bonds is 11. The van der Waals surface area contributed by atoms with Crippen LogP contribution in [-0.4, -0.2) is 56.7 Å². The molecule has 0 aromatic carbocycles. The molecule has 0 N–H and O–H groups in total. The molecule has 1 aromatic rings. The first-order valence-corrected chi connectivity index (χ1v) is 8.38. The SMILES string of the molecule is CCOCCN(CCOCC)CC(=O)c1cc(C)sc1C. The van der Waals surface area contributed by atoms with E-state index in [-0.39, 0.29) is 5.78 Å². The van der Waals surface area contributed by atoms with E-state index in [9.17, 15) is 4.79 Å². The number of ether oxygens (including phenoxy) is 2. The summed E-state index contributed by atoms with van der Waals surface area (Å²) in [5.74, 6) is 0.185. The average molecular weight is 313 g/mol. The van der Waals surface area contributed by atoms with Gasteiger partial charge in [-0.2, -0.15) is 0 Å². The fourth-order valence-corrected chi connectivity index (χ4v) is 3.08. The molecule has 0 spiro atoms. The Bertz CT molecular complexity index is 421. The highest BCUT2D eigenvalue weighted by Gasteiger charge is 2.16. The van der Waals surface area contributed by atoms with E-state index < -0.39 is 0 Å². The summed E-state index contributed by atoms with van der Waals surface area (Å²) in [6.07, 6.45) is 0. The maximum absolute atomic E-state index is 12.4. The molecule has 1 aromatic heterocycles. The summed E-state index contributed by atoms with van der Waals surface area (Å²) in [6, 6.07) is 1.99. The van der Waals surface area contributed by atoms with Crippen molar-refractivity contribution in [3.05, 3.63) is 21.4 Å². The molecule has 21 heavy (non-hydrogen) atoms. The van der Waals surface area contributed by atoms with Crippen LogP contribution in [0.25, 0.3) is 0 Å². The first kappa shape index (κ1) is 18.3. The first-order chi connectivity index (χ1) is 10.1. The zero-order valence-electron chi connectivity index (χ0n) is 13.6. The van der Waals surface area contributed by atoms with Crippen LogP contribution >= 0.6 is 11.3 Å². The third kappa shape index (κ3) is 6.70. The molecule has 0 amide bonds. The zero-order valence-corrected chi connectivity index (χ0v) is 14.4. The predicted molar refractivity (Wildman–Crippen MR) is 87.5 cm³/mol. The van der Waals surface area contributed by atoms with Crippen molar-refractivity contribution in [3.63, 3.8) is 0 Å². The molecular formula is C16H27NO3S. The van der Waals surface area contributed by atoms with Crippen molar-refractivity contribution >= 4 is 17.1 Å². The Labute approximate surface area is 132 Å². The molecular weight excluding hydrogens is 286 g/mol. The number of hydrogen-bond donors (Lipinski definition) is 0. The standard InChI is InChI=1S/C16H27NO3S/c1-5-19-9-7-17(8-10-20-6-2)12-16(18)15-11-13(3)21-14(15)4/h11H,5-10,12H2,1-4H3. The van der Waals surface area contributed by atoms with Crippen molar-refractivity contribution in [2.24, 2.45) is 0 Å². The highest BCUT2D eigenvalue weighted by Crippen LogP contribution is 2.21. The topological polar surface area (TPSA) is 38.8 Å². The van der Waals surface area contributed by atoms with Gasteiger partial charge >= 0.3 is 0 Å². The monoisotopic (exact) mass is 313 g/mol. The summed E-state index contributed by atoms with van der Waals surface area (Å²) in [7, 11) is 0. The molecule has 4 nitrogen and oxygen atoms in total. The maximum Gasteiger partial charge on any atom is 0.177 e. The van der Waals surface area contributed by atoms with Crippen LogP contribution < -0.4 is 0 Å². The lowest BCUT2D eigenvalue weighted by molar-refractivity contribution is 0.0725. The molecule has 1 heterocycles. The highest BCUT2D eigenvalue weighted by atomic mass is 32.1. The van der Waals surface area contributed by atoms with E-state index >= 15 is 0 Å². The molecule has 0 aliphatic carbocycles. The van der Waals surface area contributed by atoms with Crippen molar-refractivity contribution in [1.82, 2.24) is 4.90 Å². The van der Waals surface area contributed by atoms with E-state index in [1.54, 1.807) is 11.3 Å². The fraction of sp³-hybridized carbons (Fsp3) is 0.688. The van der Waals surface area contributed by atoms with Gasteiger partial charge < -0.3 is 9.47 Å². The second kappa shape index (κ2) is 10.1. The molecule has 5 heteroatoms. The number of aryl methyl sites for hydroxylation is 2. The molecule has 0 fully saturated rings. The van der Waals surface area contributed by atoms with Crippen molar-refractivity contribution in [2.45, 2.75) is 27.7 Å². The first-order valence-electron chi connectivity index (χ1n) is 7.56. The molecule has 0 bridgehead atoms. The van der Waals surface area contributed by atoms with E-state index in [1.807, 2.05) is 33.8 Å². The zero-order chi connectivity index (χ0) is 15.7. The van der Waals surface area contributed by atoms with Gasteiger partial charge in [0.15, 0.2) is 5.78 Å². The van der Waals surface area contributed by atoms with Crippen LogP contribution in [-0.2, 0) is 9.47 Å². The maximum atomic E-state index is 12.4. The number of Topliss-reactive ketones (excluding diaryl/α,β-unsaturated/α-hetero) is 1. The lowest BCUT2D eigenvalue weighted by Crippen LogP contribution is -2.35. The second-order valence-corrected chi connectivity index (χ2v) is 6.38. The summed E-state index contributed by atoms with van der Waals surface area (Å²) in [6.45, 7) is 12.7. The Balaban J connectivity index is 2.56. The van der Waals surface area contributed by atoms with Gasteiger partial charge in [0.05, 0.1) is 19.8 Å². The highest BCUT2D eigenvalue weighted by molar-refractivity contribution is 7.12. The van der Waals surface area contributed by atoms with Crippen LogP contribution in [0.3, 0.4) is 0 Å². The fourth-order valence-electron chi connectivity index (χ4n) is 2.14. The molecule has 0 aliphatic rings. The van der Waals surface area contributed by atoms with Crippen LogP contribution in [0.2, 0.25) is 0 Å². The second-order valence-electron chi connectivity index (χ2n) is 4.92. The molecule has 0 saturated carbocycles. The minimum absolute atomic E-state index is 0.185. The largest absolute Gasteiger partial charge is 0.380 e. The van der Waals surface area contributed by atoms with Gasteiger partial charge in [0.25, 0.3) is 0 Å². The van der Waals surface area contributed by atoms with Crippen LogP contribution in [0.1, 0.15) is 34.0 Å². The van der Waals surface area contributed by atoms with Gasteiger partial charge in [-0.25, -0.2) is 0 Å². The summed E-state index contributed by atoms with van der Waals surface area (Å²) in [5, 5.41) is 0. The Kier molecular flexibility index (Phi) is 8.76. The van der Waals surface area contributed by atoms with E-state index in [1.165, 1.54) is 4.88 Å². The molecule has 120 valence electrons. The van der Waals surface area contributed by atoms with Crippen LogP contribution in [0.15, 0.2) is 6.07 Å². The van der Waals surface area contributed by atoms with E-state index in [4.69, 9.17) is 9.47 Å². The Morgan fingerprint density at radius 3 is 2.14 bits per heavy atom. The number of hydrogen-bond acceptors (Lipinski definition) is 5. The summed E-state index contributed by atoms with van der Waals surface area (Å²) >= 11 is 1.68. The van der Waals surface area contributed by atoms with Crippen molar-refractivity contribution in [1.29, 1.82) is 0 Å². The van der Waals surface area contributed by atoms with E-state index in [0.717, 1.165) is 23.5 Å². The summed E-state index contributed by atoms with van der Waals surface area (Å²) < 4.78 is 10.8. The van der Waals surface area contributed by atoms with Gasteiger partial charge in [-0.3, -0.25) is 9.69 Å². The molecule has 0 unspecified atom stereocenters. The number of carbonyl (C=O) groups is 1. The number of nitrogens with zero attached hydrogens (tertiary/aromatic N) is 1. The van der Waals surface area contributed by atoms with Crippen molar-refractivity contribution in [3.8, 4) is 0 Å². The molecule has 0 saturated heterocycles. The molecule has 0 radical (unpaired) electrons. The number of thiophene rings is 1. The van der Waals surface area contributed by atoms with E-state index in [2.05, 4.69) is 4.90 Å². The Hall–Kier alpha value is -0.750. The van der Waals surface area contributed by atoms with Gasteiger partial charge in [0, 0.05) is 41.6 Å². The van der Waals surface area contributed by atoms with Crippen molar-refractivity contribution < 1.29 is 14.3 Å². The lowest BCUT2D eigenvalue weighted by Gasteiger charge is -2.21. The van der Waals surface area contributed by atoms with Gasteiger partial charge in [-0.1, -0.05) is 0 Å². The van der Waals surface area contributed by atoms with Crippen LogP contribution in [0.5, 0.6) is 0 Å². The van der Waals surface area contributed by atoms with Gasteiger partial charge in [-0.15, -0.1) is 11.3 Å². The summed E-state index contributed by atoms with van der Waals surface area (Å²) in [4.78, 5) is 16.8. The molecule has 1 rings (SSSR count). The third-order valence-electron chi connectivity index (χ3n) is 3.22. The molecule has 0 aliphatic heterocycles. The van der Waals surface area contributed by atoms with E-state index in [0.29, 0.717) is 33.0 Å². The van der Waals surface area contributed by atoms with Gasteiger partial charge in [0.1, 0.15) is 0 Å². The van der Waals surface area contributed by atoms with Crippen molar-refractivity contribution in [2.75, 3.05) is 46.1 Å². The number of carbonyl (C=O) groups excluding carboxylic acids is 1. The minimum atomic E-state index is 0.185. The van der Waals surface area contributed by atoms with Crippen LogP contribution in [0.4, 0.5) is 0 Å². The Morgan fingerprint density at radius 2 is 1.71 bits per heavy atom. The Morgan fingerprint density at radius 1 is 1.14 bits per heavy atom. The molecule has 0 atom stereocenters. The lowest BCUT2D eigenvalue weighted by atomic mass is 10.1. The van der Waals surface area contributed by atoms with Crippen LogP contribution in [0, 0.1) is 13.8 Å². The average Bonchev–Trinajstić information content (AvgIpc) is 2.78. The third-order valence-corrected chi connectivity index (χ3v) is 4.19. The normalized spacial score (nSPS) is 11.3. The van der Waals surface area contributed by atoms with Gasteiger partial charge in [-0.05, 0) is 33.8 Å². The van der Waals surface area contributed by atoms with Gasteiger partial charge in [0.2, 0.25) is 0 Å². The minimum Gasteiger partial charge on any atom is -0.380 e. The quantitative estimate of drug-likeness (QED) is 0.465. The predicted octanol–water partition coefficient (Wildman–Crippen LogP) is 2.92. The number of ketones is 1. The smallest absolute Gasteiger partial charge is 0.177 e. The summed E-state index contributed by atoms with van der Waals surface area (Å²) in [5.41, 5.74) is 0.857.